The Kier molecular flexibility index (Phi) is 4.69. The molecule has 0 radical (unpaired) electrons. The highest BCUT2D eigenvalue weighted by Gasteiger charge is 2.66. The van der Waals surface area contributed by atoms with E-state index in [9.17, 15) is 25.8 Å². The third-order valence-electron chi connectivity index (χ3n) is 4.89. The van der Waals surface area contributed by atoms with Crippen LogP contribution in [0.1, 0.15) is 37.7 Å². The van der Waals surface area contributed by atoms with Gasteiger partial charge in [0.25, 0.3) is 0 Å². The summed E-state index contributed by atoms with van der Waals surface area (Å²) < 4.78 is 0. The van der Waals surface area contributed by atoms with Crippen LogP contribution in [0.3, 0.4) is 0 Å². The highest BCUT2D eigenvalue weighted by atomic mass is 16.1. The molecule has 5 heteroatoms. The summed E-state index contributed by atoms with van der Waals surface area (Å²) in [6.45, 7) is 1.92. The van der Waals surface area contributed by atoms with E-state index in [0.717, 1.165) is 0 Å². The lowest BCUT2D eigenvalue weighted by molar-refractivity contribution is -0.130. The minimum absolute atomic E-state index is 0.227. The molecule has 2 unspecified atom stereocenters. The number of carbonyl (C=O) groups excluding carboxylic acids is 1. The molecule has 1 saturated carbocycles. The first-order chi connectivity index (χ1) is 11.6. The molecular formula is C19H16N4O. The van der Waals surface area contributed by atoms with Crippen molar-refractivity contribution in [1.82, 2.24) is 0 Å². The third kappa shape index (κ3) is 2.23. The number of nitriles is 4. The van der Waals surface area contributed by atoms with Crippen LogP contribution in [0, 0.1) is 62.1 Å². The van der Waals surface area contributed by atoms with Crippen molar-refractivity contribution in [2.75, 3.05) is 0 Å². The standard InChI is InChI=1S/C19H16N4O/c1-2-6-15-16(24)9-18(10-20,11-21)19(12-22,13-23)17(15)14-7-4-3-5-8-14/h3-5,7-8,15,17H,2,6,9H2,1H3. The average Bonchev–Trinajstić information content (AvgIpc) is 2.63. The minimum atomic E-state index is -1.96. The minimum Gasteiger partial charge on any atom is -0.299 e. The predicted octanol–water partition coefficient (Wildman–Crippen LogP) is 3.23. The molecule has 0 saturated heterocycles. The molecule has 0 aliphatic heterocycles. The van der Waals surface area contributed by atoms with Gasteiger partial charge in [0, 0.05) is 18.3 Å². The molecule has 0 bridgehead atoms. The maximum Gasteiger partial charge on any atom is 0.183 e. The fraction of sp³-hybridized carbons (Fsp3) is 0.421. The molecular weight excluding hydrogens is 300 g/mol. The molecule has 1 aromatic rings. The summed E-state index contributed by atoms with van der Waals surface area (Å²) in [6, 6.07) is 16.4. The van der Waals surface area contributed by atoms with E-state index in [1.807, 2.05) is 31.2 Å². The topological polar surface area (TPSA) is 112 Å². The molecule has 0 aromatic heterocycles. The van der Waals surface area contributed by atoms with Gasteiger partial charge in [-0.05, 0) is 12.0 Å². The van der Waals surface area contributed by atoms with Crippen molar-refractivity contribution in [3.05, 3.63) is 35.9 Å². The fourth-order valence-corrected chi connectivity index (χ4v) is 3.70. The zero-order valence-corrected chi connectivity index (χ0v) is 13.4. The molecule has 5 nitrogen and oxygen atoms in total. The maximum absolute atomic E-state index is 12.7. The van der Waals surface area contributed by atoms with E-state index in [1.165, 1.54) is 0 Å². The molecule has 0 spiro atoms. The van der Waals surface area contributed by atoms with Crippen LogP contribution >= 0.6 is 0 Å². The number of hydrogen-bond donors (Lipinski definition) is 0. The van der Waals surface area contributed by atoms with Crippen LogP contribution in [0.2, 0.25) is 0 Å². The van der Waals surface area contributed by atoms with E-state index in [2.05, 4.69) is 0 Å². The van der Waals surface area contributed by atoms with Gasteiger partial charge in [-0.2, -0.15) is 21.0 Å². The molecule has 1 fully saturated rings. The molecule has 0 heterocycles. The van der Waals surface area contributed by atoms with Crippen LogP contribution in [0.5, 0.6) is 0 Å². The first kappa shape index (κ1) is 17.2. The molecule has 1 aliphatic carbocycles. The molecule has 1 aliphatic rings. The summed E-state index contributed by atoms with van der Waals surface area (Å²) in [7, 11) is 0. The third-order valence-corrected chi connectivity index (χ3v) is 4.89. The normalized spacial score (nSPS) is 24.0. The Hall–Kier alpha value is -3.15. The van der Waals surface area contributed by atoms with Gasteiger partial charge in [0.15, 0.2) is 10.8 Å². The van der Waals surface area contributed by atoms with Crippen molar-refractivity contribution in [2.45, 2.75) is 32.1 Å². The lowest BCUT2D eigenvalue weighted by atomic mass is 9.48. The zero-order chi connectivity index (χ0) is 17.8. The van der Waals surface area contributed by atoms with E-state index in [1.54, 1.807) is 30.3 Å². The van der Waals surface area contributed by atoms with E-state index in [0.29, 0.717) is 18.4 Å². The Morgan fingerprint density at radius 2 is 1.62 bits per heavy atom. The van der Waals surface area contributed by atoms with E-state index < -0.39 is 22.7 Å². The summed E-state index contributed by atoms with van der Waals surface area (Å²) in [5.74, 6) is -1.57. The van der Waals surface area contributed by atoms with Gasteiger partial charge in [-0.3, -0.25) is 4.79 Å². The molecule has 2 rings (SSSR count). The lowest BCUT2D eigenvalue weighted by Crippen LogP contribution is -2.53. The number of benzene rings is 1. The van der Waals surface area contributed by atoms with Gasteiger partial charge >= 0.3 is 0 Å². The van der Waals surface area contributed by atoms with Crippen molar-refractivity contribution >= 4 is 5.78 Å². The van der Waals surface area contributed by atoms with Crippen molar-refractivity contribution in [2.24, 2.45) is 16.7 Å². The van der Waals surface area contributed by atoms with Crippen LogP contribution in [-0.2, 0) is 4.79 Å². The first-order valence-corrected chi connectivity index (χ1v) is 7.78. The van der Waals surface area contributed by atoms with Crippen LogP contribution in [0.15, 0.2) is 30.3 Å². The summed E-state index contributed by atoms with van der Waals surface area (Å²) in [6.07, 6.45) is 0.838. The quantitative estimate of drug-likeness (QED) is 0.849. The molecule has 0 N–H and O–H groups in total. The molecule has 2 atom stereocenters. The van der Waals surface area contributed by atoms with E-state index in [4.69, 9.17) is 0 Å². The number of nitrogens with zero attached hydrogens (tertiary/aromatic N) is 4. The van der Waals surface area contributed by atoms with Gasteiger partial charge in [0.2, 0.25) is 0 Å². The highest BCUT2D eigenvalue weighted by molar-refractivity contribution is 5.86. The van der Waals surface area contributed by atoms with Crippen molar-refractivity contribution in [3.8, 4) is 24.3 Å². The van der Waals surface area contributed by atoms with Crippen LogP contribution in [0.4, 0.5) is 0 Å². The van der Waals surface area contributed by atoms with Gasteiger partial charge in [0.1, 0.15) is 5.78 Å². The summed E-state index contributed by atoms with van der Waals surface area (Å²) in [4.78, 5) is 12.7. The van der Waals surface area contributed by atoms with E-state index >= 15 is 0 Å². The second-order valence-electron chi connectivity index (χ2n) is 6.09. The number of hydrogen-bond acceptors (Lipinski definition) is 5. The first-order valence-electron chi connectivity index (χ1n) is 7.78. The Morgan fingerprint density at radius 1 is 1.04 bits per heavy atom. The predicted molar refractivity (Wildman–Crippen MR) is 84.5 cm³/mol. The van der Waals surface area contributed by atoms with Gasteiger partial charge in [-0.25, -0.2) is 0 Å². The maximum atomic E-state index is 12.7. The Labute approximate surface area is 141 Å². The Morgan fingerprint density at radius 3 is 2.08 bits per heavy atom. The Bertz CT molecular complexity index is 773. The second-order valence-corrected chi connectivity index (χ2v) is 6.09. The number of ketones is 1. The highest BCUT2D eigenvalue weighted by Crippen LogP contribution is 2.58. The van der Waals surface area contributed by atoms with Crippen molar-refractivity contribution in [3.63, 3.8) is 0 Å². The molecule has 1 aromatic carbocycles. The number of Topliss-reactive ketones (excluding diaryl/α,β-unsaturated/α-hetero) is 1. The fourth-order valence-electron chi connectivity index (χ4n) is 3.70. The van der Waals surface area contributed by atoms with Gasteiger partial charge in [0.05, 0.1) is 24.3 Å². The van der Waals surface area contributed by atoms with Gasteiger partial charge in [-0.15, -0.1) is 0 Å². The Balaban J connectivity index is 2.81. The molecule has 118 valence electrons. The molecule has 24 heavy (non-hydrogen) atoms. The summed E-state index contributed by atoms with van der Waals surface area (Å²) in [5, 5.41) is 38.9. The monoisotopic (exact) mass is 316 g/mol. The van der Waals surface area contributed by atoms with Crippen molar-refractivity contribution in [1.29, 1.82) is 21.0 Å². The second kappa shape index (κ2) is 6.54. The van der Waals surface area contributed by atoms with Crippen LogP contribution in [-0.4, -0.2) is 5.78 Å². The summed E-state index contributed by atoms with van der Waals surface area (Å²) >= 11 is 0. The average molecular weight is 316 g/mol. The largest absolute Gasteiger partial charge is 0.299 e. The summed E-state index contributed by atoms with van der Waals surface area (Å²) in [5.41, 5.74) is -3.20. The SMILES string of the molecule is CCCC1C(=O)CC(C#N)(C#N)C(C#N)(C#N)C1c1ccccc1. The number of rotatable bonds is 3. The number of carbonyl (C=O) groups is 1. The van der Waals surface area contributed by atoms with Crippen LogP contribution in [0.25, 0.3) is 0 Å². The zero-order valence-electron chi connectivity index (χ0n) is 13.4. The molecule has 0 amide bonds. The van der Waals surface area contributed by atoms with Gasteiger partial charge < -0.3 is 0 Å². The van der Waals surface area contributed by atoms with Gasteiger partial charge in [-0.1, -0.05) is 43.7 Å². The smallest absolute Gasteiger partial charge is 0.183 e. The van der Waals surface area contributed by atoms with Crippen LogP contribution < -0.4 is 0 Å². The lowest BCUT2D eigenvalue weighted by Gasteiger charge is -2.45. The van der Waals surface area contributed by atoms with E-state index in [-0.39, 0.29) is 12.2 Å². The van der Waals surface area contributed by atoms with Crippen molar-refractivity contribution < 1.29 is 4.79 Å².